The summed E-state index contributed by atoms with van der Waals surface area (Å²) in [6, 6.07) is 49.8. The molecule has 36 heavy (non-hydrogen) atoms. The van der Waals surface area contributed by atoms with E-state index in [1.165, 1.54) is 44.5 Å². The van der Waals surface area contributed by atoms with Crippen LogP contribution in [0.1, 0.15) is 51.4 Å². The molecule has 174 valence electrons. The summed E-state index contributed by atoms with van der Waals surface area (Å²) in [5.74, 6) is 0.218. The van der Waals surface area contributed by atoms with Crippen molar-refractivity contribution in [3.8, 4) is 11.1 Å². The predicted molar refractivity (Wildman–Crippen MR) is 148 cm³/mol. The quantitative estimate of drug-likeness (QED) is 0.285. The molecule has 2 aliphatic rings. The van der Waals surface area contributed by atoms with Gasteiger partial charge in [-0.1, -0.05) is 139 Å². The Morgan fingerprint density at radius 3 is 1.58 bits per heavy atom. The van der Waals surface area contributed by atoms with Crippen molar-refractivity contribution in [1.82, 2.24) is 5.32 Å². The van der Waals surface area contributed by atoms with Gasteiger partial charge in [-0.3, -0.25) is 0 Å². The molecule has 1 nitrogen and oxygen atoms in total. The Hall–Kier alpha value is -3.94. The summed E-state index contributed by atoms with van der Waals surface area (Å²) < 4.78 is 0. The lowest BCUT2D eigenvalue weighted by atomic mass is 9.61. The molecule has 1 N–H and O–H groups in total. The van der Waals surface area contributed by atoms with Crippen molar-refractivity contribution in [3.63, 3.8) is 0 Å². The van der Waals surface area contributed by atoms with Crippen LogP contribution in [0, 0.1) is 6.92 Å². The van der Waals surface area contributed by atoms with Crippen LogP contribution in [0.15, 0.2) is 133 Å². The maximum absolute atomic E-state index is 4.20. The molecule has 0 bridgehead atoms. The zero-order valence-corrected chi connectivity index (χ0v) is 20.4. The van der Waals surface area contributed by atoms with Gasteiger partial charge in [0.25, 0.3) is 0 Å². The molecular formula is C35H29N. The Bertz CT molecular complexity index is 1470. The van der Waals surface area contributed by atoms with E-state index in [1.807, 2.05) is 0 Å². The molecule has 1 spiro atoms. The highest BCUT2D eigenvalue weighted by Crippen LogP contribution is 2.67. The van der Waals surface area contributed by atoms with E-state index >= 15 is 0 Å². The normalized spacial score (nSPS) is 21.3. The van der Waals surface area contributed by atoms with Crippen LogP contribution in [0.25, 0.3) is 11.1 Å². The third-order valence-electron chi connectivity index (χ3n) is 8.39. The molecule has 1 heterocycles. The number of fused-ring (bicyclic) bond motifs is 5. The zero-order chi connectivity index (χ0) is 24.1. The summed E-state index contributed by atoms with van der Waals surface area (Å²) in [6.07, 6.45) is 0. The van der Waals surface area contributed by atoms with Crippen molar-refractivity contribution in [2.75, 3.05) is 0 Å². The molecule has 7 rings (SSSR count). The fourth-order valence-electron chi connectivity index (χ4n) is 6.98. The highest BCUT2D eigenvalue weighted by Gasteiger charge is 2.61. The van der Waals surface area contributed by atoms with E-state index in [0.29, 0.717) is 0 Å². The van der Waals surface area contributed by atoms with Crippen molar-refractivity contribution in [3.05, 3.63) is 167 Å². The lowest BCUT2D eigenvalue weighted by molar-refractivity contribution is 0.420. The SMILES string of the molecule is Cc1ccc([C@@H]2[C@@H](c3ccccc3)N[C@@H](c3ccccc3)C23c2ccccc2-c2ccccc23)cc1. The minimum atomic E-state index is -0.246. The molecule has 0 amide bonds. The average molecular weight is 464 g/mol. The van der Waals surface area contributed by atoms with E-state index < -0.39 is 0 Å². The van der Waals surface area contributed by atoms with Crippen LogP contribution in [-0.2, 0) is 5.41 Å². The molecule has 0 radical (unpaired) electrons. The monoisotopic (exact) mass is 463 g/mol. The lowest BCUT2D eigenvalue weighted by Gasteiger charge is -2.40. The van der Waals surface area contributed by atoms with Crippen LogP contribution in [0.3, 0.4) is 0 Å². The lowest BCUT2D eigenvalue weighted by Crippen LogP contribution is -2.36. The van der Waals surface area contributed by atoms with Crippen LogP contribution < -0.4 is 5.32 Å². The van der Waals surface area contributed by atoms with Crippen molar-refractivity contribution < 1.29 is 0 Å². The fraction of sp³-hybridized carbons (Fsp3) is 0.143. The second kappa shape index (κ2) is 8.33. The minimum Gasteiger partial charge on any atom is -0.301 e. The van der Waals surface area contributed by atoms with Crippen molar-refractivity contribution in [1.29, 1.82) is 0 Å². The predicted octanol–water partition coefficient (Wildman–Crippen LogP) is 8.13. The van der Waals surface area contributed by atoms with Gasteiger partial charge >= 0.3 is 0 Å². The molecule has 3 atom stereocenters. The summed E-state index contributed by atoms with van der Waals surface area (Å²) in [5, 5.41) is 4.20. The molecule has 0 aromatic heterocycles. The third kappa shape index (κ3) is 3.00. The van der Waals surface area contributed by atoms with Crippen molar-refractivity contribution >= 4 is 0 Å². The number of rotatable bonds is 3. The molecule has 1 aliphatic heterocycles. The number of benzene rings is 5. The van der Waals surface area contributed by atoms with Crippen LogP contribution in [0.5, 0.6) is 0 Å². The summed E-state index contributed by atoms with van der Waals surface area (Å²) in [7, 11) is 0. The smallest absolute Gasteiger partial charge is 0.0496 e. The molecule has 1 aliphatic carbocycles. The first-order valence-corrected chi connectivity index (χ1v) is 12.9. The van der Waals surface area contributed by atoms with Crippen LogP contribution in [0.4, 0.5) is 0 Å². The van der Waals surface area contributed by atoms with Crippen LogP contribution >= 0.6 is 0 Å². The van der Waals surface area contributed by atoms with Gasteiger partial charge in [0, 0.05) is 23.4 Å². The van der Waals surface area contributed by atoms with Gasteiger partial charge < -0.3 is 5.32 Å². The van der Waals surface area contributed by atoms with Gasteiger partial charge in [-0.05, 0) is 45.9 Å². The van der Waals surface area contributed by atoms with Gasteiger partial charge in [-0.25, -0.2) is 0 Å². The Morgan fingerprint density at radius 1 is 0.500 bits per heavy atom. The summed E-state index contributed by atoms with van der Waals surface area (Å²) >= 11 is 0. The van der Waals surface area contributed by atoms with E-state index in [2.05, 4.69) is 146 Å². The van der Waals surface area contributed by atoms with Gasteiger partial charge in [0.05, 0.1) is 0 Å². The van der Waals surface area contributed by atoms with Gasteiger partial charge in [0.2, 0.25) is 0 Å². The minimum absolute atomic E-state index is 0.125. The fourth-order valence-corrected chi connectivity index (χ4v) is 6.98. The zero-order valence-electron chi connectivity index (χ0n) is 20.4. The van der Waals surface area contributed by atoms with Crippen molar-refractivity contribution in [2.24, 2.45) is 0 Å². The molecule has 1 fully saturated rings. The van der Waals surface area contributed by atoms with Gasteiger partial charge in [-0.15, -0.1) is 0 Å². The number of nitrogens with one attached hydrogen (secondary N) is 1. The number of aryl methyl sites for hydroxylation is 1. The van der Waals surface area contributed by atoms with E-state index in [0.717, 1.165) is 0 Å². The first kappa shape index (κ1) is 21.4. The average Bonchev–Trinajstić information content (AvgIpc) is 3.45. The molecule has 5 aromatic rings. The highest BCUT2D eigenvalue weighted by atomic mass is 15.1. The molecular weight excluding hydrogens is 434 g/mol. The topological polar surface area (TPSA) is 12.0 Å². The summed E-state index contributed by atoms with van der Waals surface area (Å²) in [5.41, 5.74) is 10.7. The van der Waals surface area contributed by atoms with Gasteiger partial charge in [0.1, 0.15) is 0 Å². The molecule has 0 unspecified atom stereocenters. The van der Waals surface area contributed by atoms with E-state index in [-0.39, 0.29) is 23.4 Å². The molecule has 1 saturated heterocycles. The third-order valence-corrected chi connectivity index (χ3v) is 8.39. The van der Waals surface area contributed by atoms with E-state index in [4.69, 9.17) is 0 Å². The van der Waals surface area contributed by atoms with Gasteiger partial charge in [0.15, 0.2) is 0 Å². The standard InChI is InChI=1S/C35H29N/c1-24-20-22-25(23-21-24)32-33(26-12-4-2-5-13-26)36-34(27-14-6-3-7-15-27)35(32)30-18-10-8-16-28(30)29-17-9-11-19-31(29)35/h2-23,32-34,36H,1H3/t32-,33-,34+/m1/s1. The van der Waals surface area contributed by atoms with E-state index in [1.54, 1.807) is 0 Å². The van der Waals surface area contributed by atoms with Gasteiger partial charge in [-0.2, -0.15) is 0 Å². The molecule has 5 aromatic carbocycles. The second-order valence-corrected chi connectivity index (χ2v) is 10.2. The first-order valence-electron chi connectivity index (χ1n) is 12.9. The Labute approximate surface area is 213 Å². The summed E-state index contributed by atoms with van der Waals surface area (Å²) in [6.45, 7) is 2.17. The Balaban J connectivity index is 1.60. The number of hydrogen-bond acceptors (Lipinski definition) is 1. The molecule has 1 heteroatoms. The Kier molecular flexibility index (Phi) is 4.94. The second-order valence-electron chi connectivity index (χ2n) is 10.2. The molecule has 0 saturated carbocycles. The first-order chi connectivity index (χ1) is 17.8. The van der Waals surface area contributed by atoms with Crippen LogP contribution in [-0.4, -0.2) is 0 Å². The van der Waals surface area contributed by atoms with Crippen molar-refractivity contribution in [2.45, 2.75) is 30.3 Å². The van der Waals surface area contributed by atoms with E-state index in [9.17, 15) is 0 Å². The highest BCUT2D eigenvalue weighted by molar-refractivity contribution is 5.83. The largest absolute Gasteiger partial charge is 0.301 e. The summed E-state index contributed by atoms with van der Waals surface area (Å²) in [4.78, 5) is 0. The Morgan fingerprint density at radius 2 is 1.00 bits per heavy atom. The van der Waals surface area contributed by atoms with Crippen LogP contribution in [0.2, 0.25) is 0 Å². The maximum Gasteiger partial charge on any atom is 0.0496 e. The maximum atomic E-state index is 4.20. The number of hydrogen-bond donors (Lipinski definition) is 1.